The highest BCUT2D eigenvalue weighted by Crippen LogP contribution is 2.24. The van der Waals surface area contributed by atoms with E-state index in [1.165, 1.54) is 33.9 Å². The number of rotatable bonds is 7. The molecule has 134 valence electrons. The topological polar surface area (TPSA) is 35.6 Å². The maximum Gasteiger partial charge on any atom is 0.389 e. The van der Waals surface area contributed by atoms with Crippen molar-refractivity contribution in [2.75, 3.05) is 0 Å². The smallest absolute Gasteiger partial charge is 0.328 e. The van der Waals surface area contributed by atoms with Crippen LogP contribution in [0, 0.1) is 0 Å². The number of imidazole rings is 2. The van der Waals surface area contributed by atoms with E-state index in [0.29, 0.717) is 11.6 Å². The number of hydrogen-bond donors (Lipinski definition) is 0. The van der Waals surface area contributed by atoms with Crippen molar-refractivity contribution >= 4 is 0 Å². The van der Waals surface area contributed by atoms with Gasteiger partial charge in [-0.05, 0) is 12.8 Å². The van der Waals surface area contributed by atoms with Crippen LogP contribution in [0.3, 0.4) is 0 Å². The van der Waals surface area contributed by atoms with Crippen LogP contribution in [0.5, 0.6) is 0 Å². The Labute approximate surface area is 134 Å². The van der Waals surface area contributed by atoms with Crippen LogP contribution in [-0.4, -0.2) is 31.5 Å². The van der Waals surface area contributed by atoms with Gasteiger partial charge in [0.05, 0.1) is 0 Å². The molecule has 2 heterocycles. The summed E-state index contributed by atoms with van der Waals surface area (Å²) < 4.78 is 76.4. The van der Waals surface area contributed by atoms with Gasteiger partial charge < -0.3 is 9.13 Å². The van der Waals surface area contributed by atoms with E-state index >= 15 is 0 Å². The van der Waals surface area contributed by atoms with Gasteiger partial charge in [0.25, 0.3) is 0 Å². The van der Waals surface area contributed by atoms with Gasteiger partial charge in [-0.3, -0.25) is 0 Å². The van der Waals surface area contributed by atoms with Crippen molar-refractivity contribution in [3.8, 4) is 11.6 Å². The fourth-order valence-electron chi connectivity index (χ4n) is 2.29. The summed E-state index contributed by atoms with van der Waals surface area (Å²) in [5.41, 5.74) is 0. The average Bonchev–Trinajstić information content (AvgIpc) is 3.04. The first-order valence-corrected chi connectivity index (χ1v) is 7.32. The average molecular weight is 354 g/mol. The van der Waals surface area contributed by atoms with Gasteiger partial charge in [-0.2, -0.15) is 26.3 Å². The Morgan fingerprint density at radius 2 is 1.08 bits per heavy atom. The van der Waals surface area contributed by atoms with Crippen molar-refractivity contribution < 1.29 is 26.3 Å². The van der Waals surface area contributed by atoms with Gasteiger partial charge in [0.1, 0.15) is 0 Å². The lowest BCUT2D eigenvalue weighted by atomic mass is 10.3. The molecule has 2 aromatic rings. The molecule has 0 aliphatic carbocycles. The van der Waals surface area contributed by atoms with E-state index in [4.69, 9.17) is 0 Å². The minimum absolute atomic E-state index is 0.101. The van der Waals surface area contributed by atoms with E-state index in [2.05, 4.69) is 9.97 Å². The third-order valence-electron chi connectivity index (χ3n) is 3.35. The van der Waals surface area contributed by atoms with E-state index in [0.717, 1.165) is 0 Å². The highest BCUT2D eigenvalue weighted by molar-refractivity contribution is 5.44. The third-order valence-corrected chi connectivity index (χ3v) is 3.35. The van der Waals surface area contributed by atoms with Crippen LogP contribution in [0.4, 0.5) is 26.3 Å². The molecule has 0 aliphatic heterocycles. The Balaban J connectivity index is 2.02. The SMILES string of the molecule is FC(F)(F)CCCn1ccnc1-c1nccn1CCCC(F)(F)F. The second kappa shape index (κ2) is 7.27. The Morgan fingerprint density at radius 3 is 1.42 bits per heavy atom. The van der Waals surface area contributed by atoms with Crippen molar-refractivity contribution in [2.24, 2.45) is 0 Å². The first-order chi connectivity index (χ1) is 11.2. The van der Waals surface area contributed by atoms with Gasteiger partial charge in [-0.25, -0.2) is 9.97 Å². The number of halogens is 6. The number of nitrogens with zero attached hydrogens (tertiary/aromatic N) is 4. The predicted molar refractivity (Wildman–Crippen MR) is 74.0 cm³/mol. The molecule has 0 fully saturated rings. The van der Waals surface area contributed by atoms with Crippen LogP contribution in [0.2, 0.25) is 0 Å². The summed E-state index contributed by atoms with van der Waals surface area (Å²) in [6.07, 6.45) is -4.58. The van der Waals surface area contributed by atoms with Crippen LogP contribution < -0.4 is 0 Å². The first kappa shape index (κ1) is 18.3. The van der Waals surface area contributed by atoms with Crippen LogP contribution in [0.1, 0.15) is 25.7 Å². The summed E-state index contributed by atoms with van der Waals surface area (Å²) in [5.74, 6) is 0.684. The molecule has 0 saturated carbocycles. The lowest BCUT2D eigenvalue weighted by Gasteiger charge is -2.11. The fourth-order valence-corrected chi connectivity index (χ4v) is 2.29. The van der Waals surface area contributed by atoms with Crippen LogP contribution in [0.15, 0.2) is 24.8 Å². The van der Waals surface area contributed by atoms with Gasteiger partial charge in [-0.15, -0.1) is 0 Å². The molecule has 0 N–H and O–H groups in total. The molecule has 0 atom stereocenters. The minimum Gasteiger partial charge on any atom is -0.328 e. The zero-order valence-electron chi connectivity index (χ0n) is 12.6. The molecule has 0 saturated heterocycles. The van der Waals surface area contributed by atoms with E-state index in [1.807, 2.05) is 0 Å². The standard InChI is InChI=1S/C14H16F6N4/c15-13(16,17)3-1-7-23-9-5-21-11(23)12-22-6-10-24(12)8-2-4-14(18,19)20/h5-6,9-10H,1-4,7-8H2. The Kier molecular flexibility index (Phi) is 5.55. The van der Waals surface area contributed by atoms with Crippen molar-refractivity contribution in [2.45, 2.75) is 51.1 Å². The summed E-state index contributed by atoms with van der Waals surface area (Å²) in [7, 11) is 0. The van der Waals surface area contributed by atoms with Gasteiger partial charge in [0.2, 0.25) is 0 Å². The molecule has 0 aromatic carbocycles. The highest BCUT2D eigenvalue weighted by atomic mass is 19.4. The predicted octanol–water partition coefficient (Wildman–Crippen LogP) is 4.43. The lowest BCUT2D eigenvalue weighted by molar-refractivity contribution is -0.136. The van der Waals surface area contributed by atoms with E-state index in [1.54, 1.807) is 0 Å². The molecular weight excluding hydrogens is 338 g/mol. The van der Waals surface area contributed by atoms with E-state index in [9.17, 15) is 26.3 Å². The highest BCUT2D eigenvalue weighted by Gasteiger charge is 2.27. The minimum atomic E-state index is -4.23. The second-order valence-corrected chi connectivity index (χ2v) is 5.33. The molecule has 10 heteroatoms. The maximum atomic E-state index is 12.2. The van der Waals surface area contributed by atoms with Crippen molar-refractivity contribution in [1.82, 2.24) is 19.1 Å². The molecule has 0 unspecified atom stereocenters. The first-order valence-electron chi connectivity index (χ1n) is 7.32. The zero-order chi connectivity index (χ0) is 17.8. The van der Waals surface area contributed by atoms with Gasteiger partial charge in [0.15, 0.2) is 11.6 Å². The third kappa shape index (κ3) is 5.57. The maximum absolute atomic E-state index is 12.2. The molecule has 24 heavy (non-hydrogen) atoms. The largest absolute Gasteiger partial charge is 0.389 e. The summed E-state index contributed by atoms with van der Waals surface area (Å²) in [6, 6.07) is 0. The van der Waals surface area contributed by atoms with Crippen molar-refractivity contribution in [1.29, 1.82) is 0 Å². The normalized spacial score (nSPS) is 12.8. The zero-order valence-corrected chi connectivity index (χ0v) is 12.6. The summed E-state index contributed by atoms with van der Waals surface area (Å²) >= 11 is 0. The molecule has 0 radical (unpaired) electrons. The Bertz CT molecular complexity index is 584. The summed E-state index contributed by atoms with van der Waals surface area (Å²) in [4.78, 5) is 8.13. The monoisotopic (exact) mass is 354 g/mol. The Hall–Kier alpha value is -2.00. The fraction of sp³-hybridized carbons (Fsp3) is 0.571. The van der Waals surface area contributed by atoms with Crippen LogP contribution in [0.25, 0.3) is 11.6 Å². The molecule has 0 amide bonds. The quantitative estimate of drug-likeness (QED) is 0.690. The van der Waals surface area contributed by atoms with Gasteiger partial charge >= 0.3 is 12.4 Å². The number of aryl methyl sites for hydroxylation is 2. The molecule has 2 aromatic heterocycles. The Morgan fingerprint density at radius 1 is 0.708 bits per heavy atom. The van der Waals surface area contributed by atoms with Crippen LogP contribution in [-0.2, 0) is 13.1 Å². The van der Waals surface area contributed by atoms with Crippen molar-refractivity contribution in [3.63, 3.8) is 0 Å². The van der Waals surface area contributed by atoms with E-state index in [-0.39, 0.29) is 25.9 Å². The van der Waals surface area contributed by atoms with Crippen LogP contribution >= 0.6 is 0 Å². The summed E-state index contributed by atoms with van der Waals surface area (Å²) in [5, 5.41) is 0. The number of aromatic nitrogens is 4. The van der Waals surface area contributed by atoms with E-state index < -0.39 is 25.2 Å². The molecule has 0 bridgehead atoms. The number of hydrogen-bond acceptors (Lipinski definition) is 2. The lowest BCUT2D eigenvalue weighted by Crippen LogP contribution is -2.12. The van der Waals surface area contributed by atoms with Crippen molar-refractivity contribution in [3.05, 3.63) is 24.8 Å². The van der Waals surface area contributed by atoms with Gasteiger partial charge in [-0.1, -0.05) is 0 Å². The molecular formula is C14H16F6N4. The molecule has 2 rings (SSSR count). The molecule has 0 spiro atoms. The van der Waals surface area contributed by atoms with Gasteiger partial charge in [0, 0.05) is 50.7 Å². The second-order valence-electron chi connectivity index (χ2n) is 5.33. The summed E-state index contributed by atoms with van der Waals surface area (Å²) in [6.45, 7) is 0.203. The molecule has 4 nitrogen and oxygen atoms in total. The molecule has 0 aliphatic rings. The number of alkyl halides is 6.